The van der Waals surface area contributed by atoms with Gasteiger partial charge in [-0.1, -0.05) is 41.4 Å². The van der Waals surface area contributed by atoms with Crippen molar-refractivity contribution >= 4 is 45.0 Å². The lowest BCUT2D eigenvalue weighted by Crippen LogP contribution is -2.36. The molecule has 1 aliphatic rings. The van der Waals surface area contributed by atoms with E-state index in [1.807, 2.05) is 0 Å². The maximum Gasteiger partial charge on any atom is 0.275 e. The molecule has 8 heteroatoms. The third kappa shape index (κ3) is 2.11. The van der Waals surface area contributed by atoms with E-state index in [4.69, 9.17) is 23.2 Å². The van der Waals surface area contributed by atoms with Gasteiger partial charge in [-0.05, 0) is 24.3 Å². The molecular formula is C14H7Cl2NO4S. The summed E-state index contributed by atoms with van der Waals surface area (Å²) in [5, 5.41) is 0.140. The van der Waals surface area contributed by atoms with Gasteiger partial charge in [0.25, 0.3) is 21.8 Å². The second-order valence-corrected chi connectivity index (χ2v) is 7.11. The number of hydrogen-bond acceptors (Lipinski definition) is 4. The van der Waals surface area contributed by atoms with E-state index in [0.717, 1.165) is 0 Å². The van der Waals surface area contributed by atoms with Crippen LogP contribution in [0.15, 0.2) is 47.4 Å². The van der Waals surface area contributed by atoms with Gasteiger partial charge in [0, 0.05) is 0 Å². The Labute approximate surface area is 136 Å². The lowest BCUT2D eigenvalue weighted by atomic mass is 10.1. The van der Waals surface area contributed by atoms with E-state index in [9.17, 15) is 18.0 Å². The second-order valence-electron chi connectivity index (χ2n) is 4.50. The van der Waals surface area contributed by atoms with Gasteiger partial charge in [0.1, 0.15) is 0 Å². The SMILES string of the molecule is O=C1c2cc(Cl)c(Cl)cc2C(=O)N1S(=O)(=O)c1ccccc1. The van der Waals surface area contributed by atoms with E-state index in [0.29, 0.717) is 0 Å². The maximum atomic E-state index is 12.5. The fourth-order valence-corrected chi connectivity index (χ4v) is 3.80. The average molecular weight is 356 g/mol. The molecule has 0 saturated heterocycles. The summed E-state index contributed by atoms with van der Waals surface area (Å²) in [7, 11) is -4.28. The van der Waals surface area contributed by atoms with Crippen molar-refractivity contribution in [3.05, 3.63) is 63.6 Å². The average Bonchev–Trinajstić information content (AvgIpc) is 2.73. The number of nitrogens with zero attached hydrogens (tertiary/aromatic N) is 1. The highest BCUT2D eigenvalue weighted by atomic mass is 35.5. The van der Waals surface area contributed by atoms with Crippen LogP contribution in [0.3, 0.4) is 0 Å². The van der Waals surface area contributed by atoms with Crippen LogP contribution < -0.4 is 0 Å². The molecule has 112 valence electrons. The zero-order chi connectivity index (χ0) is 16.1. The van der Waals surface area contributed by atoms with Crippen molar-refractivity contribution in [2.24, 2.45) is 0 Å². The van der Waals surface area contributed by atoms with Crippen molar-refractivity contribution in [3.8, 4) is 0 Å². The van der Waals surface area contributed by atoms with Crippen LogP contribution in [0.2, 0.25) is 10.0 Å². The summed E-state index contributed by atoms with van der Waals surface area (Å²) in [5.41, 5.74) is -0.169. The molecule has 0 spiro atoms. The third-order valence-corrected chi connectivity index (χ3v) is 5.57. The minimum atomic E-state index is -4.28. The van der Waals surface area contributed by atoms with Crippen LogP contribution >= 0.6 is 23.2 Å². The molecule has 0 saturated carbocycles. The lowest BCUT2D eigenvalue weighted by Gasteiger charge is -2.14. The van der Waals surface area contributed by atoms with E-state index < -0.39 is 21.8 Å². The molecule has 0 unspecified atom stereocenters. The first kappa shape index (κ1) is 15.0. The largest absolute Gasteiger partial charge is 0.275 e. The molecule has 2 aromatic carbocycles. The highest BCUT2D eigenvalue weighted by Crippen LogP contribution is 2.34. The summed E-state index contributed by atoms with van der Waals surface area (Å²) in [6.45, 7) is 0. The molecule has 0 N–H and O–H groups in total. The molecule has 0 aliphatic carbocycles. The molecule has 2 aromatic rings. The molecule has 0 atom stereocenters. The summed E-state index contributed by atoms with van der Waals surface area (Å²) in [6.07, 6.45) is 0. The van der Waals surface area contributed by atoms with Gasteiger partial charge in [-0.25, -0.2) is 8.42 Å². The van der Waals surface area contributed by atoms with E-state index in [2.05, 4.69) is 0 Å². The number of halogens is 2. The van der Waals surface area contributed by atoms with Crippen molar-refractivity contribution in [2.45, 2.75) is 4.90 Å². The number of benzene rings is 2. The molecule has 2 amide bonds. The zero-order valence-corrected chi connectivity index (χ0v) is 13.1. The summed E-state index contributed by atoms with van der Waals surface area (Å²) in [4.78, 5) is 24.5. The van der Waals surface area contributed by atoms with E-state index in [-0.39, 0.29) is 30.4 Å². The predicted molar refractivity (Wildman–Crippen MR) is 80.6 cm³/mol. The zero-order valence-electron chi connectivity index (χ0n) is 10.8. The Morgan fingerprint density at radius 1 is 0.818 bits per heavy atom. The van der Waals surface area contributed by atoms with Crippen LogP contribution in [0.5, 0.6) is 0 Å². The molecule has 0 bridgehead atoms. The number of carbonyl (C=O) groups is 2. The molecule has 0 aromatic heterocycles. The number of carbonyl (C=O) groups excluding carboxylic acids is 2. The highest BCUT2D eigenvalue weighted by Gasteiger charge is 2.44. The first-order valence-corrected chi connectivity index (χ1v) is 8.21. The van der Waals surface area contributed by atoms with E-state index in [1.54, 1.807) is 6.07 Å². The van der Waals surface area contributed by atoms with Crippen LogP contribution in [0.25, 0.3) is 0 Å². The van der Waals surface area contributed by atoms with Gasteiger partial charge in [-0.2, -0.15) is 4.31 Å². The first-order valence-electron chi connectivity index (χ1n) is 6.02. The summed E-state index contributed by atoms with van der Waals surface area (Å²) >= 11 is 11.6. The topological polar surface area (TPSA) is 71.5 Å². The van der Waals surface area contributed by atoms with Crippen LogP contribution in [0.4, 0.5) is 0 Å². The Morgan fingerprint density at radius 2 is 1.27 bits per heavy atom. The lowest BCUT2D eigenvalue weighted by molar-refractivity contribution is 0.0765. The maximum absolute atomic E-state index is 12.5. The first-order chi connectivity index (χ1) is 10.3. The van der Waals surface area contributed by atoms with Gasteiger partial charge in [-0.3, -0.25) is 9.59 Å². The van der Waals surface area contributed by atoms with Crippen LogP contribution in [-0.4, -0.2) is 24.5 Å². The highest BCUT2D eigenvalue weighted by molar-refractivity contribution is 7.90. The standard InChI is InChI=1S/C14H7Cl2NO4S/c15-11-6-9-10(7-12(11)16)14(19)17(13(9)18)22(20,21)8-4-2-1-3-5-8/h1-7H. The van der Waals surface area contributed by atoms with Crippen molar-refractivity contribution in [2.75, 3.05) is 0 Å². The van der Waals surface area contributed by atoms with Gasteiger partial charge in [0.15, 0.2) is 0 Å². The Balaban J connectivity index is 2.16. The molecule has 1 heterocycles. The summed E-state index contributed by atoms with van der Waals surface area (Å²) in [5.74, 6) is -1.88. The van der Waals surface area contributed by atoms with Gasteiger partial charge in [-0.15, -0.1) is 0 Å². The normalized spacial score (nSPS) is 14.4. The number of fused-ring (bicyclic) bond motifs is 1. The molecule has 1 aliphatic heterocycles. The van der Waals surface area contributed by atoms with E-state index in [1.165, 1.54) is 36.4 Å². The van der Waals surface area contributed by atoms with Crippen molar-refractivity contribution in [3.63, 3.8) is 0 Å². The molecule has 5 nitrogen and oxygen atoms in total. The smallest absolute Gasteiger partial charge is 0.267 e. The minimum absolute atomic E-state index is 0.0699. The summed E-state index contributed by atoms with van der Waals surface area (Å²) in [6, 6.07) is 9.62. The number of rotatable bonds is 2. The molecule has 0 radical (unpaired) electrons. The van der Waals surface area contributed by atoms with Gasteiger partial charge >= 0.3 is 0 Å². The third-order valence-electron chi connectivity index (χ3n) is 3.17. The second kappa shape index (κ2) is 5.08. The van der Waals surface area contributed by atoms with Crippen molar-refractivity contribution < 1.29 is 18.0 Å². The van der Waals surface area contributed by atoms with E-state index >= 15 is 0 Å². The number of amides is 2. The van der Waals surface area contributed by atoms with Crippen molar-refractivity contribution in [1.29, 1.82) is 0 Å². The van der Waals surface area contributed by atoms with Gasteiger partial charge in [0.05, 0.1) is 26.1 Å². The number of imide groups is 1. The number of sulfonamides is 1. The Morgan fingerprint density at radius 3 is 1.73 bits per heavy atom. The molecule has 22 heavy (non-hydrogen) atoms. The summed E-state index contributed by atoms with van der Waals surface area (Å²) < 4.78 is 25.3. The van der Waals surface area contributed by atoms with Crippen molar-refractivity contribution in [1.82, 2.24) is 4.31 Å². The fourth-order valence-electron chi connectivity index (χ4n) is 2.13. The molecular weight excluding hydrogens is 349 g/mol. The monoisotopic (exact) mass is 355 g/mol. The predicted octanol–water partition coefficient (Wildman–Crippen LogP) is 2.98. The Kier molecular flexibility index (Phi) is 3.47. The Hall–Kier alpha value is -1.89. The quantitative estimate of drug-likeness (QED) is 0.776. The van der Waals surface area contributed by atoms with Crippen LogP contribution in [0.1, 0.15) is 20.7 Å². The Bertz CT molecular complexity index is 869. The van der Waals surface area contributed by atoms with Crippen LogP contribution in [-0.2, 0) is 10.0 Å². The van der Waals surface area contributed by atoms with Crippen LogP contribution in [0, 0.1) is 0 Å². The minimum Gasteiger partial charge on any atom is -0.267 e. The number of hydrogen-bond donors (Lipinski definition) is 0. The van der Waals surface area contributed by atoms with Gasteiger partial charge in [0.2, 0.25) is 0 Å². The van der Waals surface area contributed by atoms with Gasteiger partial charge < -0.3 is 0 Å². The fraction of sp³-hybridized carbons (Fsp3) is 0. The molecule has 0 fully saturated rings. The molecule has 3 rings (SSSR count).